The van der Waals surface area contributed by atoms with Gasteiger partial charge in [0.05, 0.1) is 46.1 Å². The maximum Gasteiger partial charge on any atom is 0.472 e. The predicted octanol–water partition coefficient (Wildman–Crippen LogP) is 8.92. The molecule has 0 amide bonds. The van der Waals surface area contributed by atoms with Crippen LogP contribution in [0.15, 0.2) is 12.2 Å². The Kier molecular flexibility index (Phi) is 31.7. The molecule has 0 radical (unpaired) electrons. The standard InChI is InChI=1S/C46H86NO12P/c1-6-8-10-11-12-13-14-15-16-17-18-19-20-21-23-29-46(53)59-40(37-58-60(54,55)57-33-32-47(3,4)5)36-56-45(52)28-25-24-27-39(49)34-42-41(43(50)35-44(42)51)31-30-38(48)26-22-9-7-2/h30-31,38,40-44,48,50-51H,6-29,32-37H2,1-5H3/p+1/b31-30+/t38-,40+,41+,42+,43+,44-/m0/s1. The molecule has 1 rings (SSSR count). The van der Waals surface area contributed by atoms with E-state index in [1.807, 2.05) is 21.1 Å². The number of unbranched alkanes of at least 4 members (excludes halogenated alkanes) is 17. The van der Waals surface area contributed by atoms with E-state index < -0.39 is 62.6 Å². The Labute approximate surface area is 363 Å². The van der Waals surface area contributed by atoms with Crippen molar-refractivity contribution in [2.24, 2.45) is 11.8 Å². The van der Waals surface area contributed by atoms with Crippen LogP contribution < -0.4 is 0 Å². The van der Waals surface area contributed by atoms with Crippen molar-refractivity contribution in [2.75, 3.05) is 47.5 Å². The SMILES string of the molecule is CCCCCCCCCCCCCCCCCC(=O)O[C@H](COC(=O)CCCCC(=O)C[C@@H]1[C@@H](/C=C/[C@@H](O)CCCCC)[C@H](O)C[C@@H]1O)COP(=O)(O)OCC[N+](C)(C)C. The van der Waals surface area contributed by atoms with Crippen LogP contribution in [0.1, 0.15) is 181 Å². The van der Waals surface area contributed by atoms with Crippen LogP contribution in [-0.4, -0.2) is 114 Å². The molecule has 0 bridgehead atoms. The van der Waals surface area contributed by atoms with E-state index in [0.717, 1.165) is 38.5 Å². The zero-order chi connectivity index (χ0) is 44.7. The first-order valence-corrected chi connectivity index (χ1v) is 25.1. The topological polar surface area (TPSA) is 186 Å². The number of ether oxygens (including phenoxy) is 2. The zero-order valence-electron chi connectivity index (χ0n) is 38.3. The number of rotatable bonds is 39. The van der Waals surface area contributed by atoms with Gasteiger partial charge in [0.1, 0.15) is 25.5 Å². The minimum atomic E-state index is -4.46. The van der Waals surface area contributed by atoms with Crippen molar-refractivity contribution in [1.29, 1.82) is 0 Å². The van der Waals surface area contributed by atoms with Gasteiger partial charge >= 0.3 is 19.8 Å². The number of likely N-dealkylation sites (N-methyl/N-ethyl adjacent to an activating group) is 1. The second-order valence-corrected chi connectivity index (χ2v) is 19.6. The Morgan fingerprint density at radius 3 is 1.80 bits per heavy atom. The number of quaternary nitrogens is 1. The second kappa shape index (κ2) is 33.8. The molecule has 0 aliphatic heterocycles. The average Bonchev–Trinajstić information content (AvgIpc) is 3.44. The maximum atomic E-state index is 12.9. The number of phosphoric acid groups is 1. The van der Waals surface area contributed by atoms with Crippen molar-refractivity contribution in [2.45, 2.75) is 205 Å². The molecule has 0 aromatic rings. The third-order valence-electron chi connectivity index (χ3n) is 11.3. The van der Waals surface area contributed by atoms with Crippen molar-refractivity contribution in [3.8, 4) is 0 Å². The van der Waals surface area contributed by atoms with E-state index in [2.05, 4.69) is 13.8 Å². The molecular formula is C46H87NO12P+. The summed E-state index contributed by atoms with van der Waals surface area (Å²) in [6, 6.07) is 0. The molecule has 7 atom stereocenters. The highest BCUT2D eigenvalue weighted by molar-refractivity contribution is 7.47. The molecule has 4 N–H and O–H groups in total. The number of Topliss-reactive ketones (excluding diaryl/α,β-unsaturated/α-hetero) is 1. The summed E-state index contributed by atoms with van der Waals surface area (Å²) < 4.78 is 34.2. The molecule has 1 aliphatic carbocycles. The van der Waals surface area contributed by atoms with E-state index in [-0.39, 0.29) is 51.1 Å². The molecule has 14 heteroatoms. The van der Waals surface area contributed by atoms with Crippen LogP contribution in [0.5, 0.6) is 0 Å². The monoisotopic (exact) mass is 877 g/mol. The minimum Gasteiger partial charge on any atom is -0.462 e. The highest BCUT2D eigenvalue weighted by Crippen LogP contribution is 2.43. The highest BCUT2D eigenvalue weighted by atomic mass is 31.2. The second-order valence-electron chi connectivity index (χ2n) is 18.1. The van der Waals surface area contributed by atoms with Crippen molar-refractivity contribution in [3.63, 3.8) is 0 Å². The lowest BCUT2D eigenvalue weighted by Gasteiger charge is -2.24. The normalized spacial score (nSPS) is 20.3. The summed E-state index contributed by atoms with van der Waals surface area (Å²) in [4.78, 5) is 48.5. The summed E-state index contributed by atoms with van der Waals surface area (Å²) in [5, 5.41) is 31.4. The molecule has 1 unspecified atom stereocenters. The smallest absolute Gasteiger partial charge is 0.462 e. The van der Waals surface area contributed by atoms with Gasteiger partial charge in [-0.25, -0.2) is 4.57 Å². The van der Waals surface area contributed by atoms with Crippen molar-refractivity contribution in [3.05, 3.63) is 12.2 Å². The third-order valence-corrected chi connectivity index (χ3v) is 12.3. The first kappa shape index (κ1) is 56.3. The summed E-state index contributed by atoms with van der Waals surface area (Å²) in [6.45, 7) is 3.90. The molecule has 0 aromatic carbocycles. The van der Waals surface area contributed by atoms with Crippen LogP contribution in [0, 0.1) is 11.8 Å². The number of carbonyl (C=O) groups is 3. The molecular weight excluding hydrogens is 789 g/mol. The molecule has 60 heavy (non-hydrogen) atoms. The van der Waals surface area contributed by atoms with Gasteiger partial charge in [-0.15, -0.1) is 0 Å². The van der Waals surface area contributed by atoms with Crippen LogP contribution in [0.25, 0.3) is 0 Å². The third kappa shape index (κ3) is 30.4. The van der Waals surface area contributed by atoms with Gasteiger partial charge in [0.25, 0.3) is 0 Å². The first-order chi connectivity index (χ1) is 28.6. The number of ketones is 1. The van der Waals surface area contributed by atoms with E-state index >= 15 is 0 Å². The van der Waals surface area contributed by atoms with Gasteiger partial charge < -0.3 is 34.2 Å². The fourth-order valence-corrected chi connectivity index (χ4v) is 8.22. The fraction of sp³-hybridized carbons (Fsp3) is 0.891. The quantitative estimate of drug-likeness (QED) is 0.0151. The molecule has 1 fully saturated rings. The van der Waals surface area contributed by atoms with Crippen molar-refractivity contribution >= 4 is 25.5 Å². The Hall–Kier alpha value is -1.70. The van der Waals surface area contributed by atoms with E-state index in [4.69, 9.17) is 18.5 Å². The van der Waals surface area contributed by atoms with Crippen molar-refractivity contribution < 1.29 is 62.2 Å². The number of phosphoric ester groups is 1. The van der Waals surface area contributed by atoms with E-state index in [1.165, 1.54) is 70.6 Å². The molecule has 0 heterocycles. The van der Waals surface area contributed by atoms with Crippen LogP contribution in [0.2, 0.25) is 0 Å². The number of aliphatic hydroxyl groups excluding tert-OH is 3. The van der Waals surface area contributed by atoms with Gasteiger partial charge in [-0.05, 0) is 25.7 Å². The van der Waals surface area contributed by atoms with Crippen LogP contribution >= 0.6 is 7.82 Å². The lowest BCUT2D eigenvalue weighted by molar-refractivity contribution is -0.870. The van der Waals surface area contributed by atoms with E-state index in [0.29, 0.717) is 36.7 Å². The van der Waals surface area contributed by atoms with Crippen molar-refractivity contribution in [1.82, 2.24) is 0 Å². The molecule has 1 saturated carbocycles. The summed E-state index contributed by atoms with van der Waals surface area (Å²) in [6.07, 6.45) is 23.1. The number of aliphatic hydroxyl groups is 3. The fourth-order valence-electron chi connectivity index (χ4n) is 7.48. The van der Waals surface area contributed by atoms with Gasteiger partial charge in [-0.3, -0.25) is 23.4 Å². The first-order valence-electron chi connectivity index (χ1n) is 23.6. The van der Waals surface area contributed by atoms with Gasteiger partial charge in [-0.2, -0.15) is 0 Å². The number of nitrogens with zero attached hydrogens (tertiary/aromatic N) is 1. The molecule has 1 aliphatic rings. The Morgan fingerprint density at radius 1 is 0.700 bits per heavy atom. The van der Waals surface area contributed by atoms with Gasteiger partial charge in [0, 0.05) is 43.9 Å². The predicted molar refractivity (Wildman–Crippen MR) is 236 cm³/mol. The lowest BCUT2D eigenvalue weighted by Crippen LogP contribution is -2.37. The Bertz CT molecular complexity index is 1210. The number of esters is 2. The lowest BCUT2D eigenvalue weighted by atomic mass is 9.87. The molecule has 352 valence electrons. The number of hydrogen-bond donors (Lipinski definition) is 4. The summed E-state index contributed by atoms with van der Waals surface area (Å²) >= 11 is 0. The number of hydrogen-bond acceptors (Lipinski definition) is 11. The van der Waals surface area contributed by atoms with E-state index in [1.54, 1.807) is 12.2 Å². The Balaban J connectivity index is 2.49. The summed E-state index contributed by atoms with van der Waals surface area (Å²) in [7, 11) is 1.28. The van der Waals surface area contributed by atoms with E-state index in [9.17, 15) is 39.2 Å². The average molecular weight is 877 g/mol. The highest BCUT2D eigenvalue weighted by Gasteiger charge is 2.41. The maximum absolute atomic E-state index is 12.9. The van der Waals surface area contributed by atoms with Crippen LogP contribution in [0.3, 0.4) is 0 Å². The van der Waals surface area contributed by atoms with Gasteiger partial charge in [0.15, 0.2) is 6.10 Å². The molecule has 0 aromatic heterocycles. The van der Waals surface area contributed by atoms with Crippen LogP contribution in [-0.2, 0) is 37.5 Å². The molecule has 0 spiro atoms. The largest absolute Gasteiger partial charge is 0.472 e. The Morgan fingerprint density at radius 2 is 1.22 bits per heavy atom. The summed E-state index contributed by atoms with van der Waals surface area (Å²) in [5.41, 5.74) is 0. The minimum absolute atomic E-state index is 0.00658. The molecule has 0 saturated heterocycles. The van der Waals surface area contributed by atoms with Gasteiger partial charge in [0.2, 0.25) is 0 Å². The summed E-state index contributed by atoms with van der Waals surface area (Å²) in [5.74, 6) is -2.04. The number of carbonyl (C=O) groups excluding carboxylic acids is 3. The zero-order valence-corrected chi connectivity index (χ0v) is 39.2. The van der Waals surface area contributed by atoms with Gasteiger partial charge in [-0.1, -0.05) is 135 Å². The van der Waals surface area contributed by atoms with Crippen LogP contribution in [0.4, 0.5) is 0 Å². The molecule has 13 nitrogen and oxygen atoms in total.